The van der Waals surface area contributed by atoms with Crippen LogP contribution >= 0.6 is 0 Å². The molecule has 2 saturated heterocycles. The minimum atomic E-state index is -3.49. The Morgan fingerprint density at radius 2 is 1.76 bits per heavy atom. The van der Waals surface area contributed by atoms with E-state index in [0.29, 0.717) is 31.3 Å². The van der Waals surface area contributed by atoms with Crippen molar-refractivity contribution >= 4 is 15.9 Å². The van der Waals surface area contributed by atoms with Crippen molar-refractivity contribution in [3.63, 3.8) is 0 Å². The number of likely N-dealkylation sites (tertiary alicyclic amines) is 2. The van der Waals surface area contributed by atoms with Gasteiger partial charge in [-0.2, -0.15) is 0 Å². The van der Waals surface area contributed by atoms with Gasteiger partial charge in [0.25, 0.3) is 0 Å². The molecule has 2 fully saturated rings. The summed E-state index contributed by atoms with van der Waals surface area (Å²) in [6.45, 7) is 8.81. The molecule has 0 saturated carbocycles. The van der Waals surface area contributed by atoms with E-state index in [9.17, 15) is 13.2 Å². The summed E-state index contributed by atoms with van der Waals surface area (Å²) in [6.07, 6.45) is 1.58. The van der Waals surface area contributed by atoms with Gasteiger partial charge in [0.1, 0.15) is 0 Å². The number of piperidine rings is 1. The first-order valence-corrected chi connectivity index (χ1v) is 9.45. The summed E-state index contributed by atoms with van der Waals surface area (Å²) in [5.41, 5.74) is 0. The predicted octanol–water partition coefficient (Wildman–Crippen LogP) is 0.101. The first-order chi connectivity index (χ1) is 9.73. The lowest BCUT2D eigenvalue weighted by Gasteiger charge is -2.35. The minimum absolute atomic E-state index is 0.0572. The van der Waals surface area contributed by atoms with E-state index in [1.807, 2.05) is 0 Å². The maximum absolute atomic E-state index is 11.9. The van der Waals surface area contributed by atoms with Crippen molar-refractivity contribution in [2.24, 2.45) is 22.9 Å². The number of hydrogen-bond donors (Lipinski definition) is 1. The van der Waals surface area contributed by atoms with Gasteiger partial charge in [0.15, 0.2) is 0 Å². The van der Waals surface area contributed by atoms with E-state index in [0.717, 1.165) is 19.6 Å². The Kier molecular flexibility index (Phi) is 5.27. The molecule has 6 nitrogen and oxygen atoms in total. The van der Waals surface area contributed by atoms with Crippen molar-refractivity contribution in [1.29, 1.82) is 0 Å². The molecule has 2 rings (SSSR count). The van der Waals surface area contributed by atoms with Gasteiger partial charge in [-0.1, -0.05) is 13.8 Å². The third-order valence-electron chi connectivity index (χ3n) is 4.39. The summed E-state index contributed by atoms with van der Waals surface area (Å²) >= 11 is 0. The van der Waals surface area contributed by atoms with Crippen LogP contribution in [-0.4, -0.2) is 62.6 Å². The number of nitrogens with zero attached hydrogens (tertiary/aromatic N) is 2. The number of carbonyl (C=O) groups is 1. The smallest absolute Gasteiger partial charge is 0.223 e. The molecule has 0 bridgehead atoms. The summed E-state index contributed by atoms with van der Waals surface area (Å²) < 4.78 is 22.2. The Morgan fingerprint density at radius 1 is 1.14 bits per heavy atom. The molecule has 2 aliphatic heterocycles. The molecule has 2 aliphatic rings. The quantitative estimate of drug-likeness (QED) is 0.779. The van der Waals surface area contributed by atoms with Gasteiger partial charge in [-0.05, 0) is 18.3 Å². The molecule has 0 radical (unpaired) electrons. The molecule has 0 aliphatic carbocycles. The predicted molar refractivity (Wildman–Crippen MR) is 82.0 cm³/mol. The second kappa shape index (κ2) is 6.62. The molecule has 0 aromatic rings. The molecular weight excluding hydrogens is 290 g/mol. The molecule has 2 heterocycles. The summed E-state index contributed by atoms with van der Waals surface area (Å²) in [5, 5.41) is 5.06. The third kappa shape index (κ3) is 5.23. The number of rotatable bonds is 5. The Labute approximate surface area is 127 Å². The first kappa shape index (κ1) is 16.7. The van der Waals surface area contributed by atoms with E-state index in [1.54, 1.807) is 4.90 Å². The van der Waals surface area contributed by atoms with Crippen molar-refractivity contribution in [3.05, 3.63) is 0 Å². The van der Waals surface area contributed by atoms with Gasteiger partial charge in [0.05, 0.1) is 5.75 Å². The standard InChI is InChI=1S/C14H27N3O3S/c1-11-5-12(2)8-16(7-11)3-4-17-9-13(6-14(17)18)10-21(15,19)20/h11-13H,3-10H2,1-2H3,(H2,15,19,20). The van der Waals surface area contributed by atoms with E-state index in [4.69, 9.17) is 5.14 Å². The second-order valence-electron chi connectivity index (χ2n) is 6.95. The van der Waals surface area contributed by atoms with Crippen LogP contribution in [0.2, 0.25) is 0 Å². The fourth-order valence-electron chi connectivity index (χ4n) is 3.75. The van der Waals surface area contributed by atoms with Crippen LogP contribution in [0.4, 0.5) is 0 Å². The van der Waals surface area contributed by atoms with Crippen molar-refractivity contribution in [2.45, 2.75) is 26.7 Å². The van der Waals surface area contributed by atoms with Gasteiger partial charge in [-0.3, -0.25) is 4.79 Å². The zero-order valence-corrected chi connectivity index (χ0v) is 13.8. The van der Waals surface area contributed by atoms with Gasteiger partial charge in [-0.15, -0.1) is 0 Å². The number of nitrogens with two attached hydrogens (primary N) is 1. The molecule has 2 N–H and O–H groups in total. The Morgan fingerprint density at radius 3 is 2.33 bits per heavy atom. The largest absolute Gasteiger partial charge is 0.341 e. The Balaban J connectivity index is 1.79. The van der Waals surface area contributed by atoms with Gasteiger partial charge in [0, 0.05) is 45.1 Å². The van der Waals surface area contributed by atoms with Crippen LogP contribution in [-0.2, 0) is 14.8 Å². The number of carbonyl (C=O) groups excluding carboxylic acids is 1. The van der Waals surface area contributed by atoms with Crippen molar-refractivity contribution in [1.82, 2.24) is 9.80 Å². The van der Waals surface area contributed by atoms with Gasteiger partial charge >= 0.3 is 0 Å². The zero-order chi connectivity index (χ0) is 15.6. The monoisotopic (exact) mass is 317 g/mol. The van der Waals surface area contributed by atoms with Crippen LogP contribution in [0.3, 0.4) is 0 Å². The lowest BCUT2D eigenvalue weighted by molar-refractivity contribution is -0.127. The van der Waals surface area contributed by atoms with Crippen molar-refractivity contribution in [3.8, 4) is 0 Å². The van der Waals surface area contributed by atoms with Crippen LogP contribution in [0.5, 0.6) is 0 Å². The average Bonchev–Trinajstić information content (AvgIpc) is 2.63. The SMILES string of the molecule is CC1CC(C)CN(CCN2CC(CS(N)(=O)=O)CC2=O)C1. The maximum Gasteiger partial charge on any atom is 0.223 e. The van der Waals surface area contributed by atoms with Crippen LogP contribution < -0.4 is 5.14 Å². The highest BCUT2D eigenvalue weighted by Crippen LogP contribution is 2.22. The minimum Gasteiger partial charge on any atom is -0.341 e. The molecule has 21 heavy (non-hydrogen) atoms. The lowest BCUT2D eigenvalue weighted by Crippen LogP contribution is -2.43. The average molecular weight is 317 g/mol. The van der Waals surface area contributed by atoms with Gasteiger partial charge in [0.2, 0.25) is 15.9 Å². The van der Waals surface area contributed by atoms with E-state index >= 15 is 0 Å². The molecule has 0 spiro atoms. The van der Waals surface area contributed by atoms with Crippen molar-refractivity contribution in [2.75, 3.05) is 38.5 Å². The van der Waals surface area contributed by atoms with E-state index in [2.05, 4.69) is 18.7 Å². The second-order valence-corrected chi connectivity index (χ2v) is 8.60. The normalized spacial score (nSPS) is 31.9. The summed E-state index contributed by atoms with van der Waals surface area (Å²) in [5.74, 6) is 1.23. The highest BCUT2D eigenvalue weighted by atomic mass is 32.2. The van der Waals surface area contributed by atoms with Gasteiger partial charge in [-0.25, -0.2) is 13.6 Å². The fourth-order valence-corrected chi connectivity index (χ4v) is 4.63. The van der Waals surface area contributed by atoms with Crippen LogP contribution in [0, 0.1) is 17.8 Å². The topological polar surface area (TPSA) is 83.7 Å². The van der Waals surface area contributed by atoms with E-state index < -0.39 is 10.0 Å². The number of primary sulfonamides is 1. The first-order valence-electron chi connectivity index (χ1n) is 7.73. The highest BCUT2D eigenvalue weighted by Gasteiger charge is 2.32. The van der Waals surface area contributed by atoms with Crippen LogP contribution in [0.1, 0.15) is 26.7 Å². The maximum atomic E-state index is 11.9. The van der Waals surface area contributed by atoms with Crippen molar-refractivity contribution < 1.29 is 13.2 Å². The Bertz CT molecular complexity index is 470. The summed E-state index contributed by atoms with van der Waals surface area (Å²) in [7, 11) is -3.49. The molecule has 122 valence electrons. The molecule has 0 aromatic heterocycles. The van der Waals surface area contributed by atoms with Gasteiger partial charge < -0.3 is 9.80 Å². The molecule has 3 unspecified atom stereocenters. The zero-order valence-electron chi connectivity index (χ0n) is 13.0. The van der Waals surface area contributed by atoms with E-state index in [-0.39, 0.29) is 17.6 Å². The highest BCUT2D eigenvalue weighted by molar-refractivity contribution is 7.89. The molecular formula is C14H27N3O3S. The Hall–Kier alpha value is -0.660. The molecule has 7 heteroatoms. The summed E-state index contributed by atoms with van der Waals surface area (Å²) in [4.78, 5) is 16.2. The number of hydrogen-bond acceptors (Lipinski definition) is 4. The van der Waals surface area contributed by atoms with Crippen LogP contribution in [0.15, 0.2) is 0 Å². The van der Waals surface area contributed by atoms with Crippen LogP contribution in [0.25, 0.3) is 0 Å². The summed E-state index contributed by atoms with van der Waals surface area (Å²) in [6, 6.07) is 0. The fraction of sp³-hybridized carbons (Fsp3) is 0.929. The number of sulfonamides is 1. The van der Waals surface area contributed by atoms with E-state index in [1.165, 1.54) is 6.42 Å². The molecule has 3 atom stereocenters. The molecule has 0 aromatic carbocycles. The third-order valence-corrected chi connectivity index (χ3v) is 5.33. The number of amides is 1. The molecule has 1 amide bonds. The lowest BCUT2D eigenvalue weighted by atomic mass is 9.92.